The molecular formula is C12H18BrN3O. The summed E-state index contributed by atoms with van der Waals surface area (Å²) in [6, 6.07) is 1.80. The van der Waals surface area contributed by atoms with Crippen molar-refractivity contribution in [3.63, 3.8) is 0 Å². The van der Waals surface area contributed by atoms with Crippen LogP contribution in [0.1, 0.15) is 12.6 Å². The van der Waals surface area contributed by atoms with Crippen LogP contribution >= 0.6 is 15.9 Å². The molecule has 1 aliphatic rings. The Kier molecular flexibility index (Phi) is 3.89. The van der Waals surface area contributed by atoms with Gasteiger partial charge in [-0.25, -0.2) is 4.98 Å². The maximum Gasteiger partial charge on any atom is 0.150 e. The normalized spacial score (nSPS) is 17.5. The highest BCUT2D eigenvalue weighted by atomic mass is 79.9. The minimum atomic E-state index is 0.212. The Balaban J connectivity index is 2.16. The van der Waals surface area contributed by atoms with E-state index in [1.54, 1.807) is 6.07 Å². The van der Waals surface area contributed by atoms with E-state index in [-0.39, 0.29) is 5.75 Å². The highest BCUT2D eigenvalue weighted by molar-refractivity contribution is 9.10. The molecule has 1 aliphatic heterocycles. The molecule has 4 nitrogen and oxygen atoms in total. The summed E-state index contributed by atoms with van der Waals surface area (Å²) in [6.45, 7) is 9.42. The van der Waals surface area contributed by atoms with Crippen molar-refractivity contribution in [2.45, 2.75) is 13.8 Å². The van der Waals surface area contributed by atoms with E-state index in [1.165, 1.54) is 0 Å². The molecule has 1 N–H and O–H groups in total. The molecule has 0 atom stereocenters. The van der Waals surface area contributed by atoms with Gasteiger partial charge in [-0.2, -0.15) is 0 Å². The van der Waals surface area contributed by atoms with Gasteiger partial charge in [0.25, 0.3) is 0 Å². The van der Waals surface area contributed by atoms with E-state index in [0.29, 0.717) is 4.60 Å². The Morgan fingerprint density at radius 3 is 2.59 bits per heavy atom. The van der Waals surface area contributed by atoms with E-state index >= 15 is 0 Å². The molecule has 94 valence electrons. The highest BCUT2D eigenvalue weighted by Crippen LogP contribution is 2.29. The zero-order chi connectivity index (χ0) is 12.4. The number of aryl methyl sites for hydroxylation is 1. The molecule has 2 heterocycles. The monoisotopic (exact) mass is 299 g/mol. The van der Waals surface area contributed by atoms with Gasteiger partial charge in [0.2, 0.25) is 0 Å². The third-order valence-corrected chi connectivity index (χ3v) is 3.87. The van der Waals surface area contributed by atoms with Crippen molar-refractivity contribution in [2.75, 3.05) is 37.6 Å². The fourth-order valence-electron chi connectivity index (χ4n) is 2.18. The number of aromatic nitrogens is 1. The average molecular weight is 300 g/mol. The number of aromatic hydroxyl groups is 1. The Labute approximate surface area is 110 Å². The molecule has 0 amide bonds. The van der Waals surface area contributed by atoms with Crippen LogP contribution in [0.25, 0.3) is 0 Å². The van der Waals surface area contributed by atoms with Crippen LogP contribution in [0.4, 0.5) is 5.69 Å². The Hall–Kier alpha value is -0.810. The minimum absolute atomic E-state index is 0.212. The van der Waals surface area contributed by atoms with Gasteiger partial charge >= 0.3 is 0 Å². The Morgan fingerprint density at radius 2 is 2.00 bits per heavy atom. The van der Waals surface area contributed by atoms with Crippen molar-refractivity contribution in [3.05, 3.63) is 16.4 Å². The van der Waals surface area contributed by atoms with Gasteiger partial charge in [-0.1, -0.05) is 6.92 Å². The lowest BCUT2D eigenvalue weighted by atomic mass is 10.2. The van der Waals surface area contributed by atoms with E-state index in [0.717, 1.165) is 44.1 Å². The van der Waals surface area contributed by atoms with Crippen LogP contribution < -0.4 is 4.90 Å². The second kappa shape index (κ2) is 5.23. The van der Waals surface area contributed by atoms with E-state index in [2.05, 4.69) is 37.6 Å². The molecule has 0 aromatic carbocycles. The number of rotatable bonds is 2. The largest absolute Gasteiger partial charge is 0.505 e. The molecule has 1 saturated heterocycles. The van der Waals surface area contributed by atoms with E-state index in [4.69, 9.17) is 0 Å². The number of anilines is 1. The van der Waals surface area contributed by atoms with Crippen molar-refractivity contribution in [1.29, 1.82) is 0 Å². The first kappa shape index (κ1) is 12.6. The first-order chi connectivity index (χ1) is 8.11. The first-order valence-electron chi connectivity index (χ1n) is 5.95. The van der Waals surface area contributed by atoms with E-state index < -0.39 is 0 Å². The summed E-state index contributed by atoms with van der Waals surface area (Å²) in [4.78, 5) is 9.02. The molecule has 2 rings (SSSR count). The predicted molar refractivity (Wildman–Crippen MR) is 72.7 cm³/mol. The summed E-state index contributed by atoms with van der Waals surface area (Å²) in [5, 5.41) is 9.71. The smallest absolute Gasteiger partial charge is 0.150 e. The Bertz CT molecular complexity index is 403. The molecule has 0 saturated carbocycles. The van der Waals surface area contributed by atoms with Crippen molar-refractivity contribution in [1.82, 2.24) is 9.88 Å². The van der Waals surface area contributed by atoms with Gasteiger partial charge in [0.15, 0.2) is 0 Å². The number of halogens is 1. The van der Waals surface area contributed by atoms with Gasteiger partial charge in [0.05, 0.1) is 11.4 Å². The second-order valence-electron chi connectivity index (χ2n) is 4.32. The summed E-state index contributed by atoms with van der Waals surface area (Å²) in [6.07, 6.45) is 0. The van der Waals surface area contributed by atoms with Gasteiger partial charge in [-0.05, 0) is 29.4 Å². The second-order valence-corrected chi connectivity index (χ2v) is 5.08. The quantitative estimate of drug-likeness (QED) is 0.848. The van der Waals surface area contributed by atoms with Crippen molar-refractivity contribution in [2.24, 2.45) is 0 Å². The van der Waals surface area contributed by atoms with Crippen LogP contribution in [-0.4, -0.2) is 47.7 Å². The van der Waals surface area contributed by atoms with Crippen LogP contribution in [0.2, 0.25) is 0 Å². The van der Waals surface area contributed by atoms with Crippen molar-refractivity contribution in [3.8, 4) is 5.75 Å². The molecule has 1 aromatic rings. The van der Waals surface area contributed by atoms with Crippen molar-refractivity contribution < 1.29 is 5.11 Å². The molecule has 0 bridgehead atoms. The van der Waals surface area contributed by atoms with Crippen LogP contribution in [0, 0.1) is 6.92 Å². The summed E-state index contributed by atoms with van der Waals surface area (Å²) in [7, 11) is 0. The SMILES string of the molecule is CCN1CCN(c2cc(O)c(Br)nc2C)CC1. The molecule has 0 radical (unpaired) electrons. The maximum atomic E-state index is 9.71. The fourth-order valence-corrected chi connectivity index (χ4v) is 2.56. The number of hydrogen-bond acceptors (Lipinski definition) is 4. The third kappa shape index (κ3) is 2.72. The summed E-state index contributed by atoms with van der Waals surface area (Å²) >= 11 is 3.24. The van der Waals surface area contributed by atoms with Crippen LogP contribution in [0.15, 0.2) is 10.7 Å². The minimum Gasteiger partial charge on any atom is -0.505 e. The topological polar surface area (TPSA) is 39.6 Å². The molecule has 0 aliphatic carbocycles. The lowest BCUT2D eigenvalue weighted by Gasteiger charge is -2.36. The maximum absolute atomic E-state index is 9.71. The highest BCUT2D eigenvalue weighted by Gasteiger charge is 2.18. The van der Waals surface area contributed by atoms with Gasteiger partial charge in [-0.15, -0.1) is 0 Å². The van der Waals surface area contributed by atoms with Crippen LogP contribution in [-0.2, 0) is 0 Å². The predicted octanol–water partition coefficient (Wildman–Crippen LogP) is 2.00. The molecular weight excluding hydrogens is 282 g/mol. The first-order valence-corrected chi connectivity index (χ1v) is 6.74. The van der Waals surface area contributed by atoms with E-state index in [1.807, 2.05) is 6.92 Å². The van der Waals surface area contributed by atoms with Gasteiger partial charge in [0.1, 0.15) is 10.4 Å². The third-order valence-electron chi connectivity index (χ3n) is 3.28. The number of hydrogen-bond donors (Lipinski definition) is 1. The standard InChI is InChI=1S/C12H18BrN3O/c1-3-15-4-6-16(7-5-15)10-8-11(17)12(13)14-9(10)2/h8,17H,3-7H2,1-2H3. The lowest BCUT2D eigenvalue weighted by Crippen LogP contribution is -2.46. The van der Waals surface area contributed by atoms with Crippen molar-refractivity contribution >= 4 is 21.6 Å². The van der Waals surface area contributed by atoms with Gasteiger partial charge < -0.3 is 14.9 Å². The summed E-state index contributed by atoms with van der Waals surface area (Å²) in [5.74, 6) is 0.212. The van der Waals surface area contributed by atoms with Gasteiger partial charge in [-0.3, -0.25) is 0 Å². The summed E-state index contributed by atoms with van der Waals surface area (Å²) in [5.41, 5.74) is 2.00. The molecule has 0 spiro atoms. The zero-order valence-electron chi connectivity index (χ0n) is 10.3. The van der Waals surface area contributed by atoms with E-state index in [9.17, 15) is 5.11 Å². The molecule has 0 unspecified atom stereocenters. The fraction of sp³-hybridized carbons (Fsp3) is 0.583. The molecule has 5 heteroatoms. The molecule has 17 heavy (non-hydrogen) atoms. The average Bonchev–Trinajstić information content (AvgIpc) is 2.34. The lowest BCUT2D eigenvalue weighted by molar-refractivity contribution is 0.271. The summed E-state index contributed by atoms with van der Waals surface area (Å²) < 4.78 is 0.519. The number of nitrogens with zero attached hydrogens (tertiary/aromatic N) is 3. The number of pyridine rings is 1. The molecule has 1 fully saturated rings. The molecule has 1 aromatic heterocycles. The number of piperazine rings is 1. The van der Waals surface area contributed by atoms with Gasteiger partial charge in [0, 0.05) is 32.2 Å². The van der Waals surface area contributed by atoms with Crippen LogP contribution in [0.5, 0.6) is 5.75 Å². The number of likely N-dealkylation sites (N-methyl/N-ethyl adjacent to an activating group) is 1. The van der Waals surface area contributed by atoms with Crippen LogP contribution in [0.3, 0.4) is 0 Å². The zero-order valence-corrected chi connectivity index (χ0v) is 11.9. The Morgan fingerprint density at radius 1 is 1.35 bits per heavy atom.